The molecule has 0 radical (unpaired) electrons. The van der Waals surface area contributed by atoms with E-state index in [2.05, 4.69) is 4.98 Å². The van der Waals surface area contributed by atoms with Crippen LogP contribution in [-0.4, -0.2) is 34.8 Å². The van der Waals surface area contributed by atoms with Gasteiger partial charge in [-0.2, -0.15) is 0 Å². The van der Waals surface area contributed by atoms with E-state index in [0.717, 1.165) is 20.6 Å². The lowest BCUT2D eigenvalue weighted by atomic mass is 10.0. The Morgan fingerprint density at radius 2 is 1.96 bits per heavy atom. The second-order valence-electron chi connectivity index (χ2n) is 5.75. The number of aliphatic carboxylic acids is 1. The molecule has 3 aromatic rings. The van der Waals surface area contributed by atoms with E-state index in [1.807, 2.05) is 13.0 Å². The monoisotopic (exact) mass is 374 g/mol. The first-order chi connectivity index (χ1) is 12.4. The van der Waals surface area contributed by atoms with Crippen molar-refractivity contribution in [3.8, 4) is 22.6 Å². The molecule has 0 aliphatic heterocycles. The summed E-state index contributed by atoms with van der Waals surface area (Å²) in [5.41, 5.74) is 1.14. The minimum absolute atomic E-state index is 0.376. The lowest BCUT2D eigenvalue weighted by Gasteiger charge is -2.11. The summed E-state index contributed by atoms with van der Waals surface area (Å²) in [6.07, 6.45) is 1.29. The Hall–Kier alpha value is -2.87. The maximum absolute atomic E-state index is 13.0. The van der Waals surface area contributed by atoms with Gasteiger partial charge in [0, 0.05) is 10.4 Å². The molecule has 136 valence electrons. The number of carboxylic acid groups (broad SMARTS) is 1. The van der Waals surface area contributed by atoms with Gasteiger partial charge in [-0.25, -0.2) is 9.78 Å². The predicted octanol–water partition coefficient (Wildman–Crippen LogP) is 3.10. The highest BCUT2D eigenvalue weighted by atomic mass is 32.1. The maximum atomic E-state index is 13.0. The van der Waals surface area contributed by atoms with Crippen LogP contribution in [0.2, 0.25) is 0 Å². The molecule has 0 saturated heterocycles. The van der Waals surface area contributed by atoms with Gasteiger partial charge in [-0.3, -0.25) is 9.36 Å². The van der Waals surface area contributed by atoms with E-state index in [4.69, 9.17) is 9.47 Å². The highest BCUT2D eigenvalue weighted by molar-refractivity contribution is 7.19. The number of rotatable bonds is 5. The normalized spacial score (nSPS) is 12.2. The van der Waals surface area contributed by atoms with Crippen molar-refractivity contribution in [2.75, 3.05) is 14.2 Å². The molecule has 1 aromatic carbocycles. The van der Waals surface area contributed by atoms with E-state index in [1.54, 1.807) is 26.4 Å². The molecule has 2 heterocycles. The molecule has 1 atom stereocenters. The van der Waals surface area contributed by atoms with E-state index in [9.17, 15) is 14.7 Å². The zero-order valence-electron chi connectivity index (χ0n) is 14.8. The van der Waals surface area contributed by atoms with Crippen LogP contribution in [-0.2, 0) is 4.79 Å². The van der Waals surface area contributed by atoms with Crippen LogP contribution in [0, 0.1) is 6.92 Å². The van der Waals surface area contributed by atoms with Crippen molar-refractivity contribution in [1.82, 2.24) is 9.55 Å². The molecule has 0 amide bonds. The Morgan fingerprint density at radius 3 is 2.58 bits per heavy atom. The summed E-state index contributed by atoms with van der Waals surface area (Å²) in [6.45, 7) is 3.36. The summed E-state index contributed by atoms with van der Waals surface area (Å²) >= 11 is 1.40. The van der Waals surface area contributed by atoms with Crippen molar-refractivity contribution >= 4 is 27.5 Å². The standard InChI is InChI=1S/C18H18N2O5S/c1-9(18(22)23)20-8-19-16-15(17(20)21)14(10(2)26-16)11-5-6-12(24-3)13(7-11)25-4/h5-9H,1-4H3,(H,22,23)/t9-/m1/s1. The number of carboxylic acids is 1. The fraction of sp³-hybridized carbons (Fsp3) is 0.278. The number of nitrogens with zero attached hydrogens (tertiary/aromatic N) is 2. The maximum Gasteiger partial charge on any atom is 0.326 e. The van der Waals surface area contributed by atoms with Crippen molar-refractivity contribution < 1.29 is 19.4 Å². The number of aryl methyl sites for hydroxylation is 1. The summed E-state index contributed by atoms with van der Waals surface area (Å²) in [4.78, 5) is 30.0. The fourth-order valence-corrected chi connectivity index (χ4v) is 3.85. The van der Waals surface area contributed by atoms with Crippen LogP contribution in [0.3, 0.4) is 0 Å². The van der Waals surface area contributed by atoms with Gasteiger partial charge in [-0.1, -0.05) is 6.07 Å². The highest BCUT2D eigenvalue weighted by Gasteiger charge is 2.22. The van der Waals surface area contributed by atoms with Crippen LogP contribution in [0.5, 0.6) is 11.5 Å². The molecule has 0 aliphatic carbocycles. The van der Waals surface area contributed by atoms with Crippen LogP contribution in [0.15, 0.2) is 29.3 Å². The van der Waals surface area contributed by atoms with Crippen LogP contribution in [0.1, 0.15) is 17.8 Å². The third kappa shape index (κ3) is 2.82. The van der Waals surface area contributed by atoms with Gasteiger partial charge in [0.25, 0.3) is 5.56 Å². The summed E-state index contributed by atoms with van der Waals surface area (Å²) in [6, 6.07) is 4.40. The molecule has 0 bridgehead atoms. The Morgan fingerprint density at radius 1 is 1.27 bits per heavy atom. The Balaban J connectivity index is 2.30. The van der Waals surface area contributed by atoms with Crippen molar-refractivity contribution in [2.45, 2.75) is 19.9 Å². The number of fused-ring (bicyclic) bond motifs is 1. The lowest BCUT2D eigenvalue weighted by Crippen LogP contribution is -2.28. The van der Waals surface area contributed by atoms with Crippen LogP contribution in [0.4, 0.5) is 0 Å². The van der Waals surface area contributed by atoms with Gasteiger partial charge in [0.15, 0.2) is 11.5 Å². The average molecular weight is 374 g/mol. The number of ether oxygens (including phenoxy) is 2. The van der Waals surface area contributed by atoms with Crippen LogP contribution < -0.4 is 15.0 Å². The molecule has 1 N–H and O–H groups in total. The quantitative estimate of drug-likeness (QED) is 0.738. The van der Waals surface area contributed by atoms with Crippen molar-refractivity contribution in [1.29, 1.82) is 0 Å². The number of aromatic nitrogens is 2. The summed E-state index contributed by atoms with van der Waals surface area (Å²) in [7, 11) is 3.10. The third-order valence-electron chi connectivity index (χ3n) is 4.26. The smallest absolute Gasteiger partial charge is 0.326 e. The third-order valence-corrected chi connectivity index (χ3v) is 5.27. The number of thiophene rings is 1. The number of carbonyl (C=O) groups is 1. The van der Waals surface area contributed by atoms with E-state index >= 15 is 0 Å². The number of benzene rings is 1. The molecule has 8 heteroatoms. The topological polar surface area (TPSA) is 90.7 Å². The molecule has 3 rings (SSSR count). The van der Waals surface area contributed by atoms with Gasteiger partial charge in [0.1, 0.15) is 10.9 Å². The molecule has 26 heavy (non-hydrogen) atoms. The minimum atomic E-state index is -1.09. The SMILES string of the molecule is COc1ccc(-c2c(C)sc3ncn([C@H](C)C(=O)O)c(=O)c23)cc1OC. The first kappa shape index (κ1) is 17.9. The van der Waals surface area contributed by atoms with Crippen LogP contribution >= 0.6 is 11.3 Å². The zero-order valence-corrected chi connectivity index (χ0v) is 15.6. The van der Waals surface area contributed by atoms with Crippen molar-refractivity contribution in [3.05, 3.63) is 39.8 Å². The lowest BCUT2D eigenvalue weighted by molar-refractivity contribution is -0.140. The van der Waals surface area contributed by atoms with E-state index < -0.39 is 12.0 Å². The highest BCUT2D eigenvalue weighted by Crippen LogP contribution is 2.39. The van der Waals surface area contributed by atoms with Gasteiger partial charge in [0.05, 0.1) is 25.9 Å². The molecule has 0 fully saturated rings. The van der Waals surface area contributed by atoms with Crippen LogP contribution in [0.25, 0.3) is 21.3 Å². The molecule has 7 nitrogen and oxygen atoms in total. The Bertz CT molecular complexity index is 1050. The summed E-state index contributed by atoms with van der Waals surface area (Å²) in [5, 5.41) is 9.65. The first-order valence-corrected chi connectivity index (χ1v) is 8.66. The Labute approximate surface area is 153 Å². The number of methoxy groups -OCH3 is 2. The molecule has 2 aromatic heterocycles. The van der Waals surface area contributed by atoms with Crippen molar-refractivity contribution in [2.24, 2.45) is 0 Å². The predicted molar refractivity (Wildman–Crippen MR) is 99.5 cm³/mol. The van der Waals surface area contributed by atoms with Gasteiger partial charge in [-0.05, 0) is 31.5 Å². The average Bonchev–Trinajstić information content (AvgIpc) is 2.97. The molecular weight excluding hydrogens is 356 g/mol. The molecule has 0 saturated carbocycles. The second-order valence-corrected chi connectivity index (χ2v) is 6.96. The van der Waals surface area contributed by atoms with E-state index in [1.165, 1.54) is 24.6 Å². The minimum Gasteiger partial charge on any atom is -0.493 e. The second kappa shape index (κ2) is 6.80. The fourth-order valence-electron chi connectivity index (χ4n) is 2.85. The Kier molecular flexibility index (Phi) is 4.69. The van der Waals surface area contributed by atoms with Gasteiger partial charge < -0.3 is 14.6 Å². The van der Waals surface area contributed by atoms with Crippen molar-refractivity contribution in [3.63, 3.8) is 0 Å². The van der Waals surface area contributed by atoms with Gasteiger partial charge >= 0.3 is 5.97 Å². The molecule has 0 aliphatic rings. The first-order valence-electron chi connectivity index (χ1n) is 7.84. The largest absolute Gasteiger partial charge is 0.493 e. The summed E-state index contributed by atoms with van der Waals surface area (Å²) < 4.78 is 11.8. The van der Waals surface area contributed by atoms with Gasteiger partial charge in [0.2, 0.25) is 0 Å². The van der Waals surface area contributed by atoms with Gasteiger partial charge in [-0.15, -0.1) is 11.3 Å². The van der Waals surface area contributed by atoms with E-state index in [-0.39, 0.29) is 5.56 Å². The number of hydrogen-bond acceptors (Lipinski definition) is 6. The molecule has 0 spiro atoms. The molecular formula is C18H18N2O5S. The number of hydrogen-bond donors (Lipinski definition) is 1. The van der Waals surface area contributed by atoms with E-state index in [0.29, 0.717) is 21.7 Å². The molecule has 0 unspecified atom stereocenters. The zero-order chi connectivity index (χ0) is 19.0. The summed E-state index contributed by atoms with van der Waals surface area (Å²) in [5.74, 6) is 0.0446.